The summed E-state index contributed by atoms with van der Waals surface area (Å²) in [5.74, 6) is 0.599. The highest BCUT2D eigenvalue weighted by Gasteiger charge is 2.10. The molecule has 0 aromatic heterocycles. The zero-order valence-corrected chi connectivity index (χ0v) is 11.6. The lowest BCUT2D eigenvalue weighted by atomic mass is 10.3. The summed E-state index contributed by atoms with van der Waals surface area (Å²) < 4.78 is 28.2. The van der Waals surface area contributed by atoms with Crippen molar-refractivity contribution in [2.24, 2.45) is 5.14 Å². The van der Waals surface area contributed by atoms with E-state index in [1.165, 1.54) is 12.1 Å². The first-order valence-corrected chi connectivity index (χ1v) is 7.35. The van der Waals surface area contributed by atoms with Gasteiger partial charge < -0.3 is 4.74 Å². The summed E-state index contributed by atoms with van der Waals surface area (Å²) in [6.45, 7) is 4.17. The van der Waals surface area contributed by atoms with Crippen LogP contribution in [0.2, 0.25) is 0 Å². The number of halogens is 1. The Balaban J connectivity index is 2.73. The van der Waals surface area contributed by atoms with E-state index in [1.54, 1.807) is 6.07 Å². The Hall–Kier alpha value is -0.850. The number of nitrogens with two attached hydrogens (primary N) is 1. The lowest BCUT2D eigenvalue weighted by molar-refractivity contribution is 0.310. The predicted molar refractivity (Wildman–Crippen MR) is 70.4 cm³/mol. The molecule has 0 saturated heterocycles. The van der Waals surface area contributed by atoms with E-state index in [2.05, 4.69) is 22.5 Å². The van der Waals surface area contributed by atoms with Crippen molar-refractivity contribution >= 4 is 26.0 Å². The second-order valence-electron chi connectivity index (χ2n) is 3.42. The molecule has 1 aromatic carbocycles. The maximum Gasteiger partial charge on any atom is 0.238 e. The monoisotopic (exact) mass is 319 g/mol. The molecule has 4 nitrogen and oxygen atoms in total. The Kier molecular flexibility index (Phi) is 5.17. The van der Waals surface area contributed by atoms with E-state index in [0.717, 1.165) is 12.8 Å². The molecule has 17 heavy (non-hydrogen) atoms. The topological polar surface area (TPSA) is 69.4 Å². The van der Waals surface area contributed by atoms with Crippen LogP contribution in [0.4, 0.5) is 0 Å². The molecule has 0 unspecified atom stereocenters. The van der Waals surface area contributed by atoms with E-state index in [9.17, 15) is 8.42 Å². The third-order valence-electron chi connectivity index (χ3n) is 2.04. The van der Waals surface area contributed by atoms with Gasteiger partial charge in [-0.2, -0.15) is 0 Å². The summed E-state index contributed by atoms with van der Waals surface area (Å²) in [6.07, 6.45) is 3.57. The number of unbranched alkanes of at least 4 members (excludes halogenated alkanes) is 1. The summed E-state index contributed by atoms with van der Waals surface area (Å²) in [4.78, 5) is 0.0582. The van der Waals surface area contributed by atoms with Gasteiger partial charge in [0.1, 0.15) is 5.75 Å². The van der Waals surface area contributed by atoms with Crippen LogP contribution in [0, 0.1) is 0 Å². The molecular weight excluding hydrogens is 306 g/mol. The normalized spacial score (nSPS) is 11.2. The smallest absolute Gasteiger partial charge is 0.238 e. The van der Waals surface area contributed by atoms with Gasteiger partial charge >= 0.3 is 0 Å². The van der Waals surface area contributed by atoms with Gasteiger partial charge in [-0.05, 0) is 47.0 Å². The fourth-order valence-electron chi connectivity index (χ4n) is 1.19. The Morgan fingerprint density at radius 2 is 2.18 bits per heavy atom. The van der Waals surface area contributed by atoms with Gasteiger partial charge in [0.2, 0.25) is 10.0 Å². The molecule has 0 radical (unpaired) electrons. The molecule has 0 aliphatic rings. The van der Waals surface area contributed by atoms with Gasteiger partial charge in [0.05, 0.1) is 16.0 Å². The van der Waals surface area contributed by atoms with E-state index in [0.29, 0.717) is 16.8 Å². The Morgan fingerprint density at radius 1 is 1.47 bits per heavy atom. The molecule has 0 spiro atoms. The maximum atomic E-state index is 11.1. The van der Waals surface area contributed by atoms with Gasteiger partial charge in [-0.3, -0.25) is 0 Å². The van der Waals surface area contributed by atoms with Crippen molar-refractivity contribution in [1.29, 1.82) is 0 Å². The average Bonchev–Trinajstić information content (AvgIpc) is 2.24. The van der Waals surface area contributed by atoms with Crippen molar-refractivity contribution in [3.05, 3.63) is 35.3 Å². The first kappa shape index (κ1) is 14.2. The first-order chi connectivity index (χ1) is 7.95. The summed E-state index contributed by atoms with van der Waals surface area (Å²) in [6, 6.07) is 4.43. The van der Waals surface area contributed by atoms with Gasteiger partial charge in [-0.1, -0.05) is 6.08 Å². The molecule has 0 aliphatic heterocycles. The predicted octanol–water partition coefficient (Wildman–Crippen LogP) is 2.44. The molecule has 2 N–H and O–H groups in total. The largest absolute Gasteiger partial charge is 0.492 e. The third kappa shape index (κ3) is 4.49. The van der Waals surface area contributed by atoms with Crippen molar-refractivity contribution in [3.8, 4) is 5.75 Å². The van der Waals surface area contributed by atoms with Gasteiger partial charge in [0.15, 0.2) is 0 Å². The minimum absolute atomic E-state index is 0.0582. The van der Waals surface area contributed by atoms with Crippen LogP contribution in [0.5, 0.6) is 5.75 Å². The number of allylic oxidation sites excluding steroid dienone is 1. The Bertz CT molecular complexity index is 499. The fraction of sp³-hybridized carbons (Fsp3) is 0.273. The second kappa shape index (κ2) is 6.18. The summed E-state index contributed by atoms with van der Waals surface area (Å²) in [7, 11) is -3.67. The molecule has 0 amide bonds. The molecule has 0 bridgehead atoms. The molecular formula is C11H14BrNO3S. The van der Waals surface area contributed by atoms with Gasteiger partial charge in [0.25, 0.3) is 0 Å². The minimum atomic E-state index is -3.67. The number of primary sulfonamides is 1. The number of sulfonamides is 1. The molecule has 0 aliphatic carbocycles. The van der Waals surface area contributed by atoms with Crippen molar-refractivity contribution < 1.29 is 13.2 Å². The van der Waals surface area contributed by atoms with E-state index in [4.69, 9.17) is 9.88 Å². The van der Waals surface area contributed by atoms with E-state index < -0.39 is 10.0 Å². The van der Waals surface area contributed by atoms with Crippen LogP contribution in [0.25, 0.3) is 0 Å². The molecule has 0 fully saturated rings. The number of benzene rings is 1. The van der Waals surface area contributed by atoms with Crippen LogP contribution in [0.1, 0.15) is 12.8 Å². The number of hydrogen-bond donors (Lipinski definition) is 1. The highest BCUT2D eigenvalue weighted by atomic mass is 79.9. The molecule has 1 rings (SSSR count). The van der Waals surface area contributed by atoms with Crippen LogP contribution in [-0.2, 0) is 10.0 Å². The SMILES string of the molecule is C=CCCCOc1ccc(S(N)(=O)=O)cc1Br. The zero-order valence-electron chi connectivity index (χ0n) is 9.23. The van der Waals surface area contributed by atoms with Crippen LogP contribution >= 0.6 is 15.9 Å². The average molecular weight is 320 g/mol. The maximum absolute atomic E-state index is 11.1. The van der Waals surface area contributed by atoms with Crippen LogP contribution in [0.3, 0.4) is 0 Å². The number of rotatable bonds is 6. The highest BCUT2D eigenvalue weighted by Crippen LogP contribution is 2.27. The van der Waals surface area contributed by atoms with E-state index in [-0.39, 0.29) is 4.90 Å². The lowest BCUT2D eigenvalue weighted by Crippen LogP contribution is -2.12. The van der Waals surface area contributed by atoms with Crippen molar-refractivity contribution in [3.63, 3.8) is 0 Å². The number of hydrogen-bond acceptors (Lipinski definition) is 3. The molecule has 0 saturated carbocycles. The van der Waals surface area contributed by atoms with Gasteiger partial charge in [-0.15, -0.1) is 6.58 Å². The van der Waals surface area contributed by atoms with Crippen LogP contribution in [-0.4, -0.2) is 15.0 Å². The molecule has 94 valence electrons. The molecule has 1 aromatic rings. The van der Waals surface area contributed by atoms with Crippen LogP contribution in [0.15, 0.2) is 40.2 Å². The van der Waals surface area contributed by atoms with Crippen LogP contribution < -0.4 is 9.88 Å². The Labute approximate surface area is 110 Å². The zero-order chi connectivity index (χ0) is 12.9. The molecule has 0 heterocycles. The molecule has 0 atom stereocenters. The van der Waals surface area contributed by atoms with Crippen molar-refractivity contribution in [1.82, 2.24) is 0 Å². The van der Waals surface area contributed by atoms with E-state index >= 15 is 0 Å². The quantitative estimate of drug-likeness (QED) is 0.646. The lowest BCUT2D eigenvalue weighted by Gasteiger charge is -2.08. The highest BCUT2D eigenvalue weighted by molar-refractivity contribution is 9.10. The Morgan fingerprint density at radius 3 is 2.71 bits per heavy atom. The fourth-order valence-corrected chi connectivity index (χ4v) is 2.37. The second-order valence-corrected chi connectivity index (χ2v) is 5.83. The van der Waals surface area contributed by atoms with Crippen molar-refractivity contribution in [2.45, 2.75) is 17.7 Å². The summed E-state index contributed by atoms with van der Waals surface area (Å²) in [5, 5.41) is 5.01. The van der Waals surface area contributed by atoms with Gasteiger partial charge in [0, 0.05) is 0 Å². The minimum Gasteiger partial charge on any atom is -0.492 e. The van der Waals surface area contributed by atoms with Crippen molar-refractivity contribution in [2.75, 3.05) is 6.61 Å². The standard InChI is InChI=1S/C11H14BrNO3S/c1-2-3-4-7-16-11-6-5-9(8-10(11)12)17(13,14)15/h2,5-6,8H,1,3-4,7H2,(H2,13,14,15). The summed E-state index contributed by atoms with van der Waals surface area (Å²) >= 11 is 3.24. The molecule has 6 heteroatoms. The van der Waals surface area contributed by atoms with Gasteiger partial charge in [-0.25, -0.2) is 13.6 Å². The third-order valence-corrected chi connectivity index (χ3v) is 3.57. The first-order valence-electron chi connectivity index (χ1n) is 5.01. The summed E-state index contributed by atoms with van der Waals surface area (Å²) in [5.41, 5.74) is 0. The number of ether oxygens (including phenoxy) is 1. The van der Waals surface area contributed by atoms with E-state index in [1.807, 2.05) is 6.08 Å².